The number of ether oxygens (including phenoxy) is 4. The Labute approximate surface area is 187 Å². The maximum atomic E-state index is 12.5. The summed E-state index contributed by atoms with van der Waals surface area (Å²) in [5, 5.41) is 8.67. The van der Waals surface area contributed by atoms with Crippen molar-refractivity contribution in [1.29, 1.82) is 0 Å². The zero-order chi connectivity index (χ0) is 21.8. The van der Waals surface area contributed by atoms with Gasteiger partial charge in [0.15, 0.2) is 6.61 Å². The van der Waals surface area contributed by atoms with Crippen LogP contribution in [0, 0.1) is 0 Å². The lowest BCUT2D eigenvalue weighted by Gasteiger charge is -2.43. The highest BCUT2D eigenvalue weighted by molar-refractivity contribution is 5.77. The van der Waals surface area contributed by atoms with Crippen molar-refractivity contribution in [2.45, 2.75) is 57.1 Å². The first kappa shape index (κ1) is 21.4. The number of amides is 1. The van der Waals surface area contributed by atoms with Crippen molar-refractivity contribution in [1.82, 2.24) is 19.9 Å². The molecule has 2 saturated heterocycles. The van der Waals surface area contributed by atoms with Crippen LogP contribution < -0.4 is 4.74 Å². The van der Waals surface area contributed by atoms with E-state index in [1.54, 1.807) is 0 Å². The molecule has 5 rings (SSSR count). The Morgan fingerprint density at radius 3 is 2.84 bits per heavy atom. The molecule has 2 fully saturated rings. The first-order chi connectivity index (χ1) is 15.7. The quantitative estimate of drug-likeness (QED) is 0.648. The smallest absolute Gasteiger partial charge is 0.260 e. The minimum atomic E-state index is -0.298. The molecule has 2 aromatic rings. The van der Waals surface area contributed by atoms with Crippen LogP contribution in [0.4, 0.5) is 0 Å². The first-order valence-corrected chi connectivity index (χ1v) is 11.4. The largest absolute Gasteiger partial charge is 0.484 e. The highest BCUT2D eigenvalue weighted by atomic mass is 16.5. The van der Waals surface area contributed by atoms with Gasteiger partial charge in [-0.25, -0.2) is 4.68 Å². The zero-order valence-electron chi connectivity index (χ0n) is 18.3. The minimum Gasteiger partial charge on any atom is -0.484 e. The number of carbonyl (C=O) groups excluding carboxylic acids is 1. The van der Waals surface area contributed by atoms with E-state index in [4.69, 9.17) is 18.9 Å². The summed E-state index contributed by atoms with van der Waals surface area (Å²) < 4.78 is 25.3. The van der Waals surface area contributed by atoms with E-state index in [1.807, 2.05) is 39.9 Å². The number of rotatable bonds is 7. The van der Waals surface area contributed by atoms with Gasteiger partial charge in [-0.05, 0) is 37.8 Å². The Hall–Kier alpha value is -2.49. The van der Waals surface area contributed by atoms with Crippen molar-refractivity contribution < 1.29 is 23.7 Å². The molecule has 1 aromatic carbocycles. The van der Waals surface area contributed by atoms with Crippen molar-refractivity contribution >= 4 is 5.91 Å². The van der Waals surface area contributed by atoms with Crippen molar-refractivity contribution in [3.05, 3.63) is 41.7 Å². The van der Waals surface area contributed by atoms with Crippen molar-refractivity contribution in [2.75, 3.05) is 32.9 Å². The second-order valence-corrected chi connectivity index (χ2v) is 8.74. The van der Waals surface area contributed by atoms with Crippen molar-refractivity contribution in [3.8, 4) is 5.75 Å². The van der Waals surface area contributed by atoms with E-state index in [0.29, 0.717) is 45.2 Å². The van der Waals surface area contributed by atoms with Crippen LogP contribution in [0.1, 0.15) is 37.1 Å². The second kappa shape index (κ2) is 9.56. The molecule has 0 N–H and O–H groups in total. The Bertz CT molecular complexity index is 904. The van der Waals surface area contributed by atoms with Crippen LogP contribution in [0.15, 0.2) is 30.3 Å². The summed E-state index contributed by atoms with van der Waals surface area (Å²) in [6.45, 7) is 4.33. The van der Waals surface area contributed by atoms with Gasteiger partial charge in [-0.2, -0.15) is 0 Å². The summed E-state index contributed by atoms with van der Waals surface area (Å²) in [5.74, 6) is 0.714. The van der Waals surface area contributed by atoms with Gasteiger partial charge < -0.3 is 23.8 Å². The lowest BCUT2D eigenvalue weighted by atomic mass is 9.90. The van der Waals surface area contributed by atoms with Gasteiger partial charge in [0, 0.05) is 19.7 Å². The average molecular weight is 443 g/mol. The van der Waals surface area contributed by atoms with E-state index in [1.165, 1.54) is 0 Å². The van der Waals surface area contributed by atoms with Crippen LogP contribution in [0.5, 0.6) is 5.75 Å². The van der Waals surface area contributed by atoms with Gasteiger partial charge in [-0.3, -0.25) is 4.79 Å². The van der Waals surface area contributed by atoms with E-state index in [-0.39, 0.29) is 24.2 Å². The molecule has 1 atom stereocenters. The molecule has 1 aromatic heterocycles. The topological polar surface area (TPSA) is 87.9 Å². The summed E-state index contributed by atoms with van der Waals surface area (Å²) in [6.07, 6.45) is 3.91. The number of carbonyl (C=O) groups is 1. The Morgan fingerprint density at radius 2 is 2.06 bits per heavy atom. The molecule has 0 aliphatic carbocycles. The maximum Gasteiger partial charge on any atom is 0.260 e. The predicted molar refractivity (Wildman–Crippen MR) is 114 cm³/mol. The number of aromatic nitrogens is 3. The molecule has 172 valence electrons. The van der Waals surface area contributed by atoms with Crippen LogP contribution in [0.25, 0.3) is 0 Å². The number of hydrogen-bond donors (Lipinski definition) is 0. The molecule has 9 nitrogen and oxygen atoms in total. The first-order valence-electron chi connectivity index (χ1n) is 11.4. The molecule has 32 heavy (non-hydrogen) atoms. The van der Waals surface area contributed by atoms with E-state index >= 15 is 0 Å². The fourth-order valence-corrected chi connectivity index (χ4v) is 4.59. The third kappa shape index (κ3) is 4.79. The zero-order valence-corrected chi connectivity index (χ0v) is 18.3. The van der Waals surface area contributed by atoms with E-state index in [2.05, 4.69) is 10.3 Å². The van der Waals surface area contributed by atoms with Gasteiger partial charge in [-0.1, -0.05) is 23.4 Å². The normalized spacial score (nSPS) is 22.1. The summed E-state index contributed by atoms with van der Waals surface area (Å²) in [6, 6.07) is 9.42. The SMILES string of the molecule is O=C(COc1ccccc1)N1CCC2(CC1)Cn1nnc(COCC3CCCO3)c1CO2. The molecule has 9 heteroatoms. The Morgan fingerprint density at radius 1 is 1.22 bits per heavy atom. The molecule has 1 spiro atoms. The second-order valence-electron chi connectivity index (χ2n) is 8.74. The van der Waals surface area contributed by atoms with Crippen molar-refractivity contribution in [3.63, 3.8) is 0 Å². The van der Waals surface area contributed by atoms with Crippen LogP contribution >= 0.6 is 0 Å². The molecule has 0 radical (unpaired) electrons. The van der Waals surface area contributed by atoms with E-state index in [0.717, 1.165) is 43.7 Å². The average Bonchev–Trinajstić information content (AvgIpc) is 3.49. The molecular weight excluding hydrogens is 412 g/mol. The van der Waals surface area contributed by atoms with Gasteiger partial charge in [-0.15, -0.1) is 5.10 Å². The van der Waals surface area contributed by atoms with Gasteiger partial charge in [0.25, 0.3) is 5.91 Å². The molecule has 1 amide bonds. The van der Waals surface area contributed by atoms with Gasteiger partial charge >= 0.3 is 0 Å². The van der Waals surface area contributed by atoms with Gasteiger partial charge in [0.2, 0.25) is 0 Å². The maximum absolute atomic E-state index is 12.5. The van der Waals surface area contributed by atoms with Crippen LogP contribution in [-0.4, -0.2) is 70.4 Å². The fourth-order valence-electron chi connectivity index (χ4n) is 4.59. The highest BCUT2D eigenvalue weighted by Crippen LogP contribution is 2.33. The molecule has 3 aliphatic rings. The summed E-state index contributed by atoms with van der Waals surface area (Å²) in [7, 11) is 0. The third-order valence-corrected chi connectivity index (χ3v) is 6.57. The number of fused-ring (bicyclic) bond motifs is 1. The lowest BCUT2D eigenvalue weighted by molar-refractivity contribution is -0.147. The molecule has 0 saturated carbocycles. The van der Waals surface area contributed by atoms with Crippen molar-refractivity contribution in [2.24, 2.45) is 0 Å². The molecule has 3 aliphatic heterocycles. The predicted octanol–water partition coefficient (Wildman–Crippen LogP) is 1.94. The van der Waals surface area contributed by atoms with Crippen LogP contribution in [0.2, 0.25) is 0 Å². The molecular formula is C23H30N4O5. The summed E-state index contributed by atoms with van der Waals surface area (Å²) in [4.78, 5) is 14.4. The number of nitrogens with zero attached hydrogens (tertiary/aromatic N) is 4. The van der Waals surface area contributed by atoms with E-state index in [9.17, 15) is 4.79 Å². The number of piperidine rings is 1. The summed E-state index contributed by atoms with van der Waals surface area (Å²) in [5.41, 5.74) is 1.52. The minimum absolute atomic E-state index is 0.00614. The standard InChI is InChI=1S/C23H30N4O5/c28-22(16-31-18-5-2-1-3-6-18)26-10-8-23(9-11-26)17-27-21(15-32-23)20(24-25-27)14-29-13-19-7-4-12-30-19/h1-3,5-6,19H,4,7-17H2. The number of benzene rings is 1. The highest BCUT2D eigenvalue weighted by Gasteiger charge is 2.41. The van der Waals surface area contributed by atoms with E-state index < -0.39 is 0 Å². The number of hydrogen-bond acceptors (Lipinski definition) is 7. The van der Waals surface area contributed by atoms with Crippen LogP contribution in [-0.2, 0) is 38.8 Å². The molecule has 0 bridgehead atoms. The fraction of sp³-hybridized carbons (Fsp3) is 0.609. The number of likely N-dealkylation sites (tertiary alicyclic amines) is 1. The van der Waals surface area contributed by atoms with Crippen LogP contribution in [0.3, 0.4) is 0 Å². The Balaban J connectivity index is 1.10. The third-order valence-electron chi connectivity index (χ3n) is 6.57. The molecule has 1 unspecified atom stereocenters. The lowest BCUT2D eigenvalue weighted by Crippen LogP contribution is -2.52. The van der Waals surface area contributed by atoms with Gasteiger partial charge in [0.05, 0.1) is 43.8 Å². The monoisotopic (exact) mass is 442 g/mol. The van der Waals surface area contributed by atoms with Gasteiger partial charge in [0.1, 0.15) is 11.4 Å². The number of para-hydroxylation sites is 1. The Kier molecular flexibility index (Phi) is 6.38. The summed E-state index contributed by atoms with van der Waals surface area (Å²) >= 11 is 0. The molecule has 4 heterocycles.